The molecule has 140 valence electrons. The maximum absolute atomic E-state index is 11.8. The van der Waals surface area contributed by atoms with Gasteiger partial charge in [0.05, 0.1) is 15.7 Å². The first-order valence-corrected chi connectivity index (χ1v) is 9.75. The van der Waals surface area contributed by atoms with E-state index in [1.807, 2.05) is 37.4 Å². The number of aromatic nitrogens is 2. The number of piperazine rings is 1. The molecule has 2 aromatic rings. The first-order valence-electron chi connectivity index (χ1n) is 9.00. The predicted octanol–water partition coefficient (Wildman–Crippen LogP) is 3.46. The Kier molecular flexibility index (Phi) is 6.57. The van der Waals surface area contributed by atoms with E-state index in [0.29, 0.717) is 10.0 Å². The number of hydrogen-bond donors (Lipinski definition) is 0. The highest BCUT2D eigenvalue weighted by Crippen LogP contribution is 2.32. The highest BCUT2D eigenvalue weighted by Gasteiger charge is 2.19. The van der Waals surface area contributed by atoms with Gasteiger partial charge in [0.2, 0.25) is 0 Å². The molecular weight excluding hydrogens is 371 g/mol. The van der Waals surface area contributed by atoms with E-state index in [4.69, 9.17) is 23.2 Å². The number of unbranched alkanes of at least 4 members (excludes halogenated alkanes) is 1. The second kappa shape index (κ2) is 8.89. The fraction of sp³-hybridized carbons (Fsp3) is 0.474. The van der Waals surface area contributed by atoms with Crippen molar-refractivity contribution in [3.63, 3.8) is 0 Å². The van der Waals surface area contributed by atoms with Crippen molar-refractivity contribution in [3.8, 4) is 0 Å². The second-order valence-electron chi connectivity index (χ2n) is 6.65. The molecule has 0 amide bonds. The third-order valence-corrected chi connectivity index (χ3v) is 5.59. The van der Waals surface area contributed by atoms with Crippen LogP contribution in [0.25, 0.3) is 0 Å². The fourth-order valence-corrected chi connectivity index (χ4v) is 3.67. The van der Waals surface area contributed by atoms with Crippen molar-refractivity contribution in [1.82, 2.24) is 14.5 Å². The Balaban J connectivity index is 1.42. The van der Waals surface area contributed by atoms with Crippen LogP contribution in [0.15, 0.2) is 35.3 Å². The number of hydrogen-bond acceptors (Lipinski definition) is 4. The SMILES string of the molecule is Cc1ccn(CCCCN2CCN(c3cccc(Cl)c3Cl)CC2)c(=O)n1. The lowest BCUT2D eigenvalue weighted by Gasteiger charge is -2.36. The van der Waals surface area contributed by atoms with Crippen LogP contribution in [0.1, 0.15) is 18.5 Å². The second-order valence-corrected chi connectivity index (χ2v) is 7.44. The largest absolute Gasteiger partial charge is 0.368 e. The quantitative estimate of drug-likeness (QED) is 0.703. The Hall–Kier alpha value is -1.56. The number of anilines is 1. The lowest BCUT2D eigenvalue weighted by atomic mass is 10.2. The monoisotopic (exact) mass is 394 g/mol. The van der Waals surface area contributed by atoms with Crippen molar-refractivity contribution < 1.29 is 0 Å². The molecule has 0 radical (unpaired) electrons. The zero-order valence-corrected chi connectivity index (χ0v) is 16.5. The van der Waals surface area contributed by atoms with Gasteiger partial charge in [-0.3, -0.25) is 9.47 Å². The van der Waals surface area contributed by atoms with Gasteiger partial charge in [-0.2, -0.15) is 4.98 Å². The van der Waals surface area contributed by atoms with E-state index in [1.54, 1.807) is 4.57 Å². The van der Waals surface area contributed by atoms with Crippen LogP contribution in [-0.2, 0) is 6.54 Å². The maximum Gasteiger partial charge on any atom is 0.347 e. The van der Waals surface area contributed by atoms with Gasteiger partial charge in [-0.25, -0.2) is 4.79 Å². The molecule has 0 atom stereocenters. The van der Waals surface area contributed by atoms with Crippen molar-refractivity contribution in [2.24, 2.45) is 0 Å². The minimum absolute atomic E-state index is 0.156. The summed E-state index contributed by atoms with van der Waals surface area (Å²) in [6, 6.07) is 7.66. The summed E-state index contributed by atoms with van der Waals surface area (Å²) in [4.78, 5) is 20.5. The van der Waals surface area contributed by atoms with Crippen molar-refractivity contribution in [1.29, 1.82) is 0 Å². The van der Waals surface area contributed by atoms with Gasteiger partial charge < -0.3 is 4.90 Å². The molecule has 3 rings (SSSR count). The Morgan fingerprint density at radius 1 is 1.04 bits per heavy atom. The van der Waals surface area contributed by atoms with Crippen LogP contribution in [0.4, 0.5) is 5.69 Å². The van der Waals surface area contributed by atoms with Crippen LogP contribution in [0, 0.1) is 6.92 Å². The lowest BCUT2D eigenvalue weighted by molar-refractivity contribution is 0.251. The Morgan fingerprint density at radius 3 is 2.50 bits per heavy atom. The van der Waals surface area contributed by atoms with Gasteiger partial charge in [0, 0.05) is 44.6 Å². The summed E-state index contributed by atoms with van der Waals surface area (Å²) in [6.45, 7) is 7.52. The van der Waals surface area contributed by atoms with E-state index in [9.17, 15) is 4.79 Å². The van der Waals surface area contributed by atoms with Crippen LogP contribution in [-0.4, -0.2) is 47.2 Å². The van der Waals surface area contributed by atoms with Gasteiger partial charge in [-0.15, -0.1) is 0 Å². The minimum atomic E-state index is -0.156. The molecule has 1 aromatic carbocycles. The zero-order valence-electron chi connectivity index (χ0n) is 15.0. The molecule has 0 saturated carbocycles. The molecule has 1 aromatic heterocycles. The van der Waals surface area contributed by atoms with E-state index in [-0.39, 0.29) is 5.69 Å². The smallest absolute Gasteiger partial charge is 0.347 e. The van der Waals surface area contributed by atoms with Gasteiger partial charge in [-0.1, -0.05) is 29.3 Å². The van der Waals surface area contributed by atoms with Crippen molar-refractivity contribution >= 4 is 28.9 Å². The first kappa shape index (κ1) is 19.2. The number of rotatable bonds is 6. The van der Waals surface area contributed by atoms with E-state index < -0.39 is 0 Å². The topological polar surface area (TPSA) is 41.4 Å². The molecule has 2 heterocycles. The van der Waals surface area contributed by atoms with E-state index in [1.165, 1.54) is 0 Å². The Morgan fingerprint density at radius 2 is 1.77 bits per heavy atom. The predicted molar refractivity (Wildman–Crippen MR) is 108 cm³/mol. The number of nitrogens with zero attached hydrogens (tertiary/aromatic N) is 4. The van der Waals surface area contributed by atoms with Gasteiger partial charge in [0.25, 0.3) is 0 Å². The molecule has 26 heavy (non-hydrogen) atoms. The van der Waals surface area contributed by atoms with Crippen LogP contribution >= 0.6 is 23.2 Å². The van der Waals surface area contributed by atoms with Crippen LogP contribution in [0.5, 0.6) is 0 Å². The summed E-state index contributed by atoms with van der Waals surface area (Å²) in [5.74, 6) is 0. The molecule has 0 N–H and O–H groups in total. The third-order valence-electron chi connectivity index (χ3n) is 4.78. The van der Waals surface area contributed by atoms with E-state index >= 15 is 0 Å². The minimum Gasteiger partial charge on any atom is -0.368 e. The highest BCUT2D eigenvalue weighted by molar-refractivity contribution is 6.43. The Labute approximate surface area is 164 Å². The summed E-state index contributed by atoms with van der Waals surface area (Å²) in [6.07, 6.45) is 3.88. The van der Waals surface area contributed by atoms with Crippen molar-refractivity contribution in [2.75, 3.05) is 37.6 Å². The summed E-state index contributed by atoms with van der Waals surface area (Å²) in [5.41, 5.74) is 1.63. The van der Waals surface area contributed by atoms with Crippen LogP contribution in [0.2, 0.25) is 10.0 Å². The van der Waals surface area contributed by atoms with Crippen molar-refractivity contribution in [2.45, 2.75) is 26.3 Å². The molecule has 5 nitrogen and oxygen atoms in total. The normalized spacial score (nSPS) is 15.4. The van der Waals surface area contributed by atoms with Gasteiger partial charge in [0.1, 0.15) is 0 Å². The lowest BCUT2D eigenvalue weighted by Crippen LogP contribution is -2.46. The molecular formula is C19H24Cl2N4O. The molecule has 1 aliphatic rings. The molecule has 1 fully saturated rings. The van der Waals surface area contributed by atoms with E-state index in [0.717, 1.165) is 63.5 Å². The molecule has 7 heteroatoms. The Bertz CT molecular complexity index is 800. The number of benzene rings is 1. The van der Waals surface area contributed by atoms with Crippen LogP contribution < -0.4 is 10.6 Å². The zero-order chi connectivity index (χ0) is 18.5. The first-order chi connectivity index (χ1) is 12.5. The average Bonchev–Trinajstić information content (AvgIpc) is 2.63. The molecule has 1 aliphatic heterocycles. The summed E-state index contributed by atoms with van der Waals surface area (Å²) in [7, 11) is 0. The standard InChI is InChI=1S/C19H24Cl2N4O/c1-15-7-10-25(19(26)22-15)9-3-2-8-23-11-13-24(14-12-23)17-6-4-5-16(20)18(17)21/h4-7,10H,2-3,8-9,11-14H2,1H3. The summed E-state index contributed by atoms with van der Waals surface area (Å²) >= 11 is 12.4. The number of halogens is 2. The average molecular weight is 395 g/mol. The van der Waals surface area contributed by atoms with Gasteiger partial charge >= 0.3 is 5.69 Å². The maximum atomic E-state index is 11.8. The molecule has 0 spiro atoms. The number of aryl methyl sites for hydroxylation is 2. The van der Waals surface area contributed by atoms with Gasteiger partial charge in [-0.05, 0) is 44.5 Å². The molecule has 1 saturated heterocycles. The highest BCUT2D eigenvalue weighted by atomic mass is 35.5. The van der Waals surface area contributed by atoms with Crippen molar-refractivity contribution in [3.05, 3.63) is 56.7 Å². The fourth-order valence-electron chi connectivity index (χ4n) is 3.25. The van der Waals surface area contributed by atoms with E-state index in [2.05, 4.69) is 14.8 Å². The summed E-state index contributed by atoms with van der Waals surface area (Å²) < 4.78 is 1.69. The molecule has 0 aliphatic carbocycles. The van der Waals surface area contributed by atoms with Crippen LogP contribution in [0.3, 0.4) is 0 Å². The molecule has 0 unspecified atom stereocenters. The molecule has 0 bridgehead atoms. The third kappa shape index (κ3) is 4.78. The summed E-state index contributed by atoms with van der Waals surface area (Å²) in [5, 5.41) is 1.24. The van der Waals surface area contributed by atoms with Gasteiger partial charge in [0.15, 0.2) is 0 Å².